The number of aromatic nitrogens is 2. The SMILES string of the molecule is CCSc1nsc(NC(=O)C(C)Sc2ccc(NC(=O)/C(=C/c3ccc(OCc4ccccc4)cc3)NC(=O)c3ccccc3)cc2)n1. The average Bonchev–Trinajstić information content (AvgIpc) is 3.55. The molecule has 5 rings (SSSR count). The highest BCUT2D eigenvalue weighted by Crippen LogP contribution is 2.27. The van der Waals surface area contributed by atoms with Crippen LogP contribution in [-0.4, -0.2) is 38.1 Å². The van der Waals surface area contributed by atoms with E-state index < -0.39 is 17.1 Å². The maximum absolute atomic E-state index is 13.5. The molecular formula is C36H33N5O4S3. The number of amides is 3. The molecule has 0 saturated carbocycles. The number of ether oxygens (including phenoxy) is 1. The smallest absolute Gasteiger partial charge is 0.272 e. The third kappa shape index (κ3) is 10.3. The van der Waals surface area contributed by atoms with Crippen LogP contribution in [0.2, 0.25) is 0 Å². The van der Waals surface area contributed by atoms with Crippen LogP contribution < -0.4 is 20.7 Å². The molecule has 1 atom stereocenters. The number of carbonyl (C=O) groups is 3. The zero-order valence-electron chi connectivity index (χ0n) is 26.2. The van der Waals surface area contributed by atoms with Crippen molar-refractivity contribution >= 4 is 69.7 Å². The van der Waals surface area contributed by atoms with Crippen molar-refractivity contribution in [1.82, 2.24) is 14.7 Å². The van der Waals surface area contributed by atoms with Crippen LogP contribution >= 0.6 is 35.1 Å². The van der Waals surface area contributed by atoms with Gasteiger partial charge in [0.2, 0.25) is 16.2 Å². The van der Waals surface area contributed by atoms with Crippen molar-refractivity contribution in [2.24, 2.45) is 0 Å². The zero-order chi connectivity index (χ0) is 33.7. The van der Waals surface area contributed by atoms with Crippen LogP contribution in [0.5, 0.6) is 5.75 Å². The van der Waals surface area contributed by atoms with Gasteiger partial charge >= 0.3 is 0 Å². The summed E-state index contributed by atoms with van der Waals surface area (Å²) in [6, 6.07) is 33.0. The maximum Gasteiger partial charge on any atom is 0.272 e. The van der Waals surface area contributed by atoms with Crippen LogP contribution in [-0.2, 0) is 16.2 Å². The molecule has 1 unspecified atom stereocenters. The number of nitrogens with one attached hydrogen (secondary N) is 3. The molecule has 3 amide bonds. The third-order valence-corrected chi connectivity index (χ3v) is 9.26. The Kier molecular flexibility index (Phi) is 12.4. The summed E-state index contributed by atoms with van der Waals surface area (Å²) in [5.74, 6) is 0.454. The lowest BCUT2D eigenvalue weighted by Crippen LogP contribution is -2.30. The van der Waals surface area contributed by atoms with Crippen LogP contribution in [0.25, 0.3) is 6.08 Å². The molecule has 0 aliphatic carbocycles. The fourth-order valence-corrected chi connectivity index (χ4v) is 6.38. The summed E-state index contributed by atoms with van der Waals surface area (Å²) in [6.45, 7) is 4.26. The van der Waals surface area contributed by atoms with Crippen LogP contribution in [0.3, 0.4) is 0 Å². The van der Waals surface area contributed by atoms with Gasteiger partial charge in [-0.05, 0) is 78.4 Å². The van der Waals surface area contributed by atoms with Gasteiger partial charge in [0.1, 0.15) is 18.1 Å². The van der Waals surface area contributed by atoms with Crippen molar-refractivity contribution in [3.63, 3.8) is 0 Å². The standard InChI is InChI=1S/C36H33N5O4S3/c1-3-46-36-40-35(48-41-36)39-32(42)24(2)47-30-20-16-28(17-21-30)37-34(44)31(38-33(43)27-12-8-5-9-13-27)22-25-14-18-29(19-15-25)45-23-26-10-6-4-7-11-26/h4-22,24H,3,23H2,1-2H3,(H,37,44)(H,38,43)(H,39,40,41,42)/b31-22-. The lowest BCUT2D eigenvalue weighted by atomic mass is 10.1. The van der Waals surface area contributed by atoms with Crippen molar-refractivity contribution in [1.29, 1.82) is 0 Å². The Morgan fingerprint density at radius 2 is 1.56 bits per heavy atom. The Morgan fingerprint density at radius 1 is 0.875 bits per heavy atom. The van der Waals surface area contributed by atoms with E-state index in [1.165, 1.54) is 23.5 Å². The fraction of sp³-hybridized carbons (Fsp3) is 0.139. The number of anilines is 2. The second-order valence-corrected chi connectivity index (χ2v) is 13.7. The Balaban J connectivity index is 1.23. The van der Waals surface area contributed by atoms with E-state index in [4.69, 9.17) is 4.74 Å². The van der Waals surface area contributed by atoms with E-state index in [0.717, 1.165) is 27.7 Å². The van der Waals surface area contributed by atoms with Crippen molar-refractivity contribution < 1.29 is 19.1 Å². The number of thioether (sulfide) groups is 2. The number of nitrogens with zero attached hydrogens (tertiary/aromatic N) is 2. The Hall–Kier alpha value is -4.91. The van der Waals surface area contributed by atoms with Crippen molar-refractivity contribution in [3.8, 4) is 5.75 Å². The monoisotopic (exact) mass is 695 g/mol. The Bertz CT molecular complexity index is 1850. The summed E-state index contributed by atoms with van der Waals surface area (Å²) in [5, 5.41) is 9.17. The Morgan fingerprint density at radius 3 is 2.25 bits per heavy atom. The van der Waals surface area contributed by atoms with Crippen LogP contribution in [0, 0.1) is 0 Å². The normalized spacial score (nSPS) is 11.8. The topological polar surface area (TPSA) is 122 Å². The highest BCUT2D eigenvalue weighted by molar-refractivity contribution is 8.00. The first-order valence-corrected chi connectivity index (χ1v) is 17.7. The predicted molar refractivity (Wildman–Crippen MR) is 194 cm³/mol. The molecular weight excluding hydrogens is 663 g/mol. The van der Waals surface area contributed by atoms with Gasteiger partial charge in [-0.1, -0.05) is 79.3 Å². The van der Waals surface area contributed by atoms with Gasteiger partial charge in [0.15, 0.2) is 0 Å². The van der Waals surface area contributed by atoms with E-state index in [1.54, 1.807) is 42.5 Å². The van der Waals surface area contributed by atoms with Gasteiger partial charge in [0.25, 0.3) is 11.8 Å². The van der Waals surface area contributed by atoms with Crippen LogP contribution in [0.1, 0.15) is 35.3 Å². The summed E-state index contributed by atoms with van der Waals surface area (Å²) in [7, 11) is 0. The second kappa shape index (κ2) is 17.3. The van der Waals surface area contributed by atoms with Crippen molar-refractivity contribution in [2.75, 3.05) is 16.4 Å². The molecule has 4 aromatic carbocycles. The lowest BCUT2D eigenvalue weighted by molar-refractivity contribution is -0.115. The molecule has 48 heavy (non-hydrogen) atoms. The first-order valence-electron chi connectivity index (χ1n) is 15.1. The second-order valence-electron chi connectivity index (χ2n) is 10.3. The molecule has 9 nitrogen and oxygen atoms in total. The minimum atomic E-state index is -0.491. The third-order valence-electron chi connectivity index (χ3n) is 6.67. The number of carbonyl (C=O) groups excluding carboxylic acids is 3. The molecule has 0 spiro atoms. The highest BCUT2D eigenvalue weighted by atomic mass is 32.2. The minimum Gasteiger partial charge on any atom is -0.489 e. The van der Waals surface area contributed by atoms with Gasteiger partial charge in [0, 0.05) is 27.7 Å². The quantitative estimate of drug-likeness (QED) is 0.0796. The largest absolute Gasteiger partial charge is 0.489 e. The van der Waals surface area contributed by atoms with E-state index in [9.17, 15) is 14.4 Å². The summed E-state index contributed by atoms with van der Waals surface area (Å²) in [4.78, 5) is 44.4. The average molecular weight is 696 g/mol. The van der Waals surface area contributed by atoms with E-state index in [-0.39, 0.29) is 11.6 Å². The van der Waals surface area contributed by atoms with Gasteiger partial charge in [-0.2, -0.15) is 9.36 Å². The molecule has 0 radical (unpaired) electrons. The number of hydrogen-bond acceptors (Lipinski definition) is 9. The molecule has 0 aliphatic rings. The molecule has 12 heteroatoms. The molecule has 1 aromatic heterocycles. The molecule has 0 aliphatic heterocycles. The highest BCUT2D eigenvalue weighted by Gasteiger charge is 2.18. The van der Waals surface area contributed by atoms with Crippen LogP contribution in [0.15, 0.2) is 125 Å². The lowest BCUT2D eigenvalue weighted by Gasteiger charge is -2.13. The molecule has 3 N–H and O–H groups in total. The molecule has 0 bridgehead atoms. The summed E-state index contributed by atoms with van der Waals surface area (Å²) < 4.78 is 10.1. The first kappa shape index (κ1) is 34.4. The maximum atomic E-state index is 13.5. The van der Waals surface area contributed by atoms with Crippen molar-refractivity contribution in [3.05, 3.63) is 132 Å². The van der Waals surface area contributed by atoms with Gasteiger partial charge in [-0.25, -0.2) is 0 Å². The van der Waals surface area contributed by atoms with Crippen molar-refractivity contribution in [2.45, 2.75) is 35.8 Å². The fourth-order valence-electron chi connectivity index (χ4n) is 4.24. The van der Waals surface area contributed by atoms with Crippen LogP contribution in [0.4, 0.5) is 10.8 Å². The molecule has 0 saturated heterocycles. The van der Waals surface area contributed by atoms with E-state index in [1.807, 2.05) is 86.6 Å². The number of benzene rings is 4. The first-order chi connectivity index (χ1) is 23.4. The van der Waals surface area contributed by atoms with Gasteiger partial charge in [0.05, 0.1) is 5.25 Å². The van der Waals surface area contributed by atoms with Gasteiger partial charge in [-0.3, -0.25) is 19.7 Å². The summed E-state index contributed by atoms with van der Waals surface area (Å²) >= 11 is 4.05. The molecule has 244 valence electrons. The minimum absolute atomic E-state index is 0.0720. The van der Waals surface area contributed by atoms with E-state index in [0.29, 0.717) is 39.5 Å². The Labute approximate surface area is 291 Å². The predicted octanol–water partition coefficient (Wildman–Crippen LogP) is 7.76. The summed E-state index contributed by atoms with van der Waals surface area (Å²) in [6.07, 6.45) is 1.61. The summed E-state index contributed by atoms with van der Waals surface area (Å²) in [5.41, 5.74) is 2.78. The van der Waals surface area contributed by atoms with Gasteiger partial charge in [-0.15, -0.1) is 11.8 Å². The van der Waals surface area contributed by atoms with E-state index in [2.05, 4.69) is 25.3 Å². The zero-order valence-corrected chi connectivity index (χ0v) is 28.7. The van der Waals surface area contributed by atoms with E-state index >= 15 is 0 Å². The molecule has 1 heterocycles. The van der Waals surface area contributed by atoms with Gasteiger partial charge < -0.3 is 15.4 Å². The number of hydrogen-bond donors (Lipinski definition) is 3. The number of rotatable bonds is 14. The molecule has 5 aromatic rings. The molecule has 0 fully saturated rings.